The lowest BCUT2D eigenvalue weighted by Gasteiger charge is -2.39. The van der Waals surface area contributed by atoms with Crippen molar-refractivity contribution >= 4 is 21.0 Å². The van der Waals surface area contributed by atoms with E-state index in [-0.39, 0.29) is 82.2 Å². The lowest BCUT2D eigenvalue weighted by atomic mass is 9.67. The molecule has 0 radical (unpaired) electrons. The minimum Gasteiger partial charge on any atom is -1.00 e. The Labute approximate surface area is 340 Å². The molecule has 2 N–H and O–H groups in total. The maximum absolute atomic E-state index is 8.85. The molecule has 0 aliphatic rings. The van der Waals surface area contributed by atoms with Crippen molar-refractivity contribution in [2.45, 2.75) is 142 Å². The van der Waals surface area contributed by atoms with Crippen molar-refractivity contribution in [1.29, 1.82) is 0 Å². The monoisotopic (exact) mass is 937 g/mol. The Hall–Kier alpha value is -0.820. The van der Waals surface area contributed by atoms with E-state index in [1.54, 1.807) is 0 Å². The van der Waals surface area contributed by atoms with Crippen LogP contribution in [0.5, 0.6) is 11.5 Å². The van der Waals surface area contributed by atoms with Gasteiger partial charge in [0.1, 0.15) is 24.7 Å². The van der Waals surface area contributed by atoms with Gasteiger partial charge in [0, 0.05) is 26.9 Å². The number of rotatable bonds is 24. The molecule has 2 aromatic carbocycles. The molecule has 0 aromatic heterocycles. The molecule has 0 atom stereocenters. The summed E-state index contributed by atoms with van der Waals surface area (Å²) in [5.41, 5.74) is 3.19. The van der Waals surface area contributed by atoms with E-state index in [2.05, 4.69) is 142 Å². The molecule has 0 unspecified atom stereocenters. The van der Waals surface area contributed by atoms with E-state index in [1.807, 2.05) is 0 Å². The molecule has 0 heterocycles. The first-order chi connectivity index (χ1) is 23.1. The minimum absolute atomic E-state index is 0. The number of nitrogens with one attached hydrogen (secondary N) is 1. The second-order valence-electron chi connectivity index (χ2n) is 18.3. The highest BCUT2D eigenvalue weighted by atomic mass is 127. The summed E-state index contributed by atoms with van der Waals surface area (Å²) in [6, 6.07) is 17.2. The number of benzene rings is 2. The fraction of sp³-hybridized carbons (Fsp3) is 0.721. The third-order valence-electron chi connectivity index (χ3n) is 9.07. The first kappa shape index (κ1) is 48.2. The van der Waals surface area contributed by atoms with Gasteiger partial charge in [-0.25, -0.2) is 3.15 Å². The topological polar surface area (TPSA) is 71.1 Å². The molecule has 0 amide bonds. The Morgan fingerprint density at radius 1 is 0.549 bits per heavy atom. The first-order valence-electron chi connectivity index (χ1n) is 18.8. The molecule has 0 saturated carbocycles. The van der Waals surface area contributed by atoms with Gasteiger partial charge in [0.05, 0.1) is 29.8 Å². The van der Waals surface area contributed by atoms with Crippen molar-refractivity contribution in [2.75, 3.05) is 46.2 Å². The SMILES string of the molecule is CCCOCCOc1ccc(C(C)(C)CC(C)(C)CC(C)(C)[NH+]=IC(C)(C)CC(C)(C)CC(C)(C)c2ccc(OCCOCCO)cc2)cc1.[I-]. The van der Waals surface area contributed by atoms with E-state index in [0.29, 0.717) is 33.0 Å². The van der Waals surface area contributed by atoms with Gasteiger partial charge in [0.15, 0.2) is 5.54 Å². The lowest BCUT2D eigenvalue weighted by Crippen LogP contribution is -3.00. The fourth-order valence-corrected chi connectivity index (χ4v) is 11.1. The van der Waals surface area contributed by atoms with Gasteiger partial charge in [0.25, 0.3) is 0 Å². The number of alkyl halides is 1. The number of ether oxygens (including phenoxy) is 4. The molecule has 0 fully saturated rings. The minimum atomic E-state index is -0.250. The number of aliphatic hydroxyl groups excluding tert-OH is 1. The normalized spacial score (nSPS) is 13.5. The van der Waals surface area contributed by atoms with Crippen LogP contribution < -0.4 is 36.6 Å². The van der Waals surface area contributed by atoms with Crippen LogP contribution in [-0.4, -0.2) is 60.3 Å². The highest BCUT2D eigenvalue weighted by Crippen LogP contribution is 2.45. The lowest BCUT2D eigenvalue weighted by molar-refractivity contribution is -0.498. The Morgan fingerprint density at radius 3 is 1.37 bits per heavy atom. The van der Waals surface area contributed by atoms with Crippen molar-refractivity contribution in [1.82, 2.24) is 0 Å². The Bertz CT molecular complexity index is 1180. The van der Waals surface area contributed by atoms with Crippen molar-refractivity contribution in [3.05, 3.63) is 59.7 Å². The molecule has 0 aliphatic heterocycles. The van der Waals surface area contributed by atoms with Crippen LogP contribution in [0.1, 0.15) is 133 Å². The summed E-state index contributed by atoms with van der Waals surface area (Å²) < 4.78 is 26.9. The number of hydrogen-bond acceptors (Lipinski definition) is 5. The second-order valence-corrected chi connectivity index (χ2v) is 22.3. The Balaban J connectivity index is 0.0000130. The van der Waals surface area contributed by atoms with Gasteiger partial charge in [-0.05, 0) is 96.6 Å². The van der Waals surface area contributed by atoms with E-state index in [9.17, 15) is 0 Å². The molecule has 2 rings (SSSR count). The van der Waals surface area contributed by atoms with Crippen molar-refractivity contribution < 1.29 is 51.2 Å². The van der Waals surface area contributed by atoms with Gasteiger partial charge in [-0.2, -0.15) is 0 Å². The number of halogens is 2. The van der Waals surface area contributed by atoms with E-state index in [4.69, 9.17) is 24.1 Å². The molecule has 294 valence electrons. The van der Waals surface area contributed by atoms with E-state index < -0.39 is 0 Å². The summed E-state index contributed by atoms with van der Waals surface area (Å²) in [4.78, 5) is 0. The highest BCUT2D eigenvalue weighted by molar-refractivity contribution is 14.1. The molecular weight excluding hydrogens is 864 g/mol. The van der Waals surface area contributed by atoms with E-state index in [1.165, 1.54) is 17.5 Å². The van der Waals surface area contributed by atoms with Crippen LogP contribution in [0, 0.1) is 10.8 Å². The summed E-state index contributed by atoms with van der Waals surface area (Å²) in [7, 11) is 0. The first-order valence-corrected chi connectivity index (χ1v) is 20.9. The maximum atomic E-state index is 8.85. The van der Waals surface area contributed by atoms with Gasteiger partial charge in [-0.15, -0.1) is 0 Å². The number of hydrogen-bond donors (Lipinski definition) is 2. The van der Waals surface area contributed by atoms with Crippen molar-refractivity contribution in [3.8, 4) is 11.5 Å². The average molecular weight is 938 g/mol. The zero-order chi connectivity index (χ0) is 37.7. The van der Waals surface area contributed by atoms with E-state index >= 15 is 0 Å². The molecule has 0 spiro atoms. The zero-order valence-corrected chi connectivity index (χ0v) is 38.8. The van der Waals surface area contributed by atoms with Gasteiger partial charge >= 0.3 is 0 Å². The summed E-state index contributed by atoms with van der Waals surface area (Å²) in [6.45, 7) is 34.5. The standard InChI is InChI=1S/C43H72INO5.HI/c1-14-24-47-26-28-49-36-21-17-35(18-22-36)41(8,9)31-39(4,5)33-43(12,13)45-44-42(10,11)32-38(2,3)30-40(6,7)34-15-19-37(20-16-34)50-29-27-48-25-23-46;/h15-22,46H,14,23-33H2,1-13H3;1H. The quantitative estimate of drug-likeness (QED) is 0.0712. The fourth-order valence-electron chi connectivity index (χ4n) is 8.23. The molecular formula is C43H73I2NO5. The van der Waals surface area contributed by atoms with Crippen LogP contribution in [0.4, 0.5) is 0 Å². The maximum Gasteiger partial charge on any atom is 0.203 e. The third kappa shape index (κ3) is 18.9. The molecule has 6 nitrogen and oxygen atoms in total. The van der Waals surface area contributed by atoms with Crippen LogP contribution in [0.3, 0.4) is 0 Å². The van der Waals surface area contributed by atoms with Gasteiger partial charge < -0.3 is 48.0 Å². The molecule has 0 saturated heterocycles. The largest absolute Gasteiger partial charge is 1.00 e. The number of aliphatic hydroxyl groups is 1. The van der Waals surface area contributed by atoms with Crippen molar-refractivity contribution in [3.63, 3.8) is 0 Å². The van der Waals surface area contributed by atoms with Crippen LogP contribution in [-0.2, 0) is 20.3 Å². The van der Waals surface area contributed by atoms with Gasteiger partial charge in [-0.3, -0.25) is 0 Å². The third-order valence-corrected chi connectivity index (χ3v) is 12.6. The average Bonchev–Trinajstić information content (AvgIpc) is 2.98. The second kappa shape index (κ2) is 21.3. The van der Waals surface area contributed by atoms with E-state index in [0.717, 1.165) is 43.8 Å². The molecule has 8 heteroatoms. The smallest absolute Gasteiger partial charge is 0.203 e. The summed E-state index contributed by atoms with van der Waals surface area (Å²) >= 11 is -0.250. The van der Waals surface area contributed by atoms with Crippen LogP contribution in [0.2, 0.25) is 0 Å². The molecule has 0 aliphatic carbocycles. The molecule has 2 aromatic rings. The Kier molecular flexibility index (Phi) is 20.1. The van der Waals surface area contributed by atoms with Crippen LogP contribution in [0.15, 0.2) is 48.5 Å². The van der Waals surface area contributed by atoms with Crippen LogP contribution >= 0.6 is 21.0 Å². The van der Waals surface area contributed by atoms with Gasteiger partial charge in [0.2, 0.25) is 21.0 Å². The Morgan fingerprint density at radius 2 is 0.961 bits per heavy atom. The molecule has 0 bridgehead atoms. The summed E-state index contributed by atoms with van der Waals surface area (Å²) in [6.07, 6.45) is 5.53. The molecule has 51 heavy (non-hydrogen) atoms. The summed E-state index contributed by atoms with van der Waals surface area (Å²) in [5.74, 6) is 1.76. The van der Waals surface area contributed by atoms with Gasteiger partial charge in [-0.1, -0.05) is 86.6 Å². The highest BCUT2D eigenvalue weighted by Gasteiger charge is 2.40. The predicted octanol–water partition coefficient (Wildman–Crippen LogP) is 6.54. The predicted molar refractivity (Wildman–Crippen MR) is 218 cm³/mol. The summed E-state index contributed by atoms with van der Waals surface area (Å²) in [5, 5.41) is 8.85. The zero-order valence-electron chi connectivity index (χ0n) is 34.4. The van der Waals surface area contributed by atoms with Crippen LogP contribution in [0.25, 0.3) is 0 Å². The van der Waals surface area contributed by atoms with Crippen molar-refractivity contribution in [2.24, 2.45) is 10.8 Å².